The highest BCUT2D eigenvalue weighted by Gasteiger charge is 2.55. The monoisotopic (exact) mass is 523 g/mol. The Labute approximate surface area is 192 Å². The van der Waals surface area contributed by atoms with Gasteiger partial charge in [-0.05, 0) is 0 Å². The molecule has 5 bridgehead atoms. The lowest BCUT2D eigenvalue weighted by molar-refractivity contribution is -0.149. The second kappa shape index (κ2) is 7.79. The van der Waals surface area contributed by atoms with Crippen molar-refractivity contribution in [2.24, 2.45) is 0 Å². The van der Waals surface area contributed by atoms with Crippen molar-refractivity contribution in [1.29, 1.82) is 0 Å². The maximum absolute atomic E-state index is 12.7. The normalized spacial score (nSPS) is 37.3. The summed E-state index contributed by atoms with van der Waals surface area (Å²) >= 11 is 0. The molecule has 0 radical (unpaired) electrons. The molecular formula is C15H18N5O14P. The topological polar surface area (TPSA) is 250 Å². The first-order valence-corrected chi connectivity index (χ1v) is 11.6. The highest BCUT2D eigenvalue weighted by Crippen LogP contribution is 2.60. The zero-order valence-corrected chi connectivity index (χ0v) is 18.1. The zero-order valence-electron chi connectivity index (χ0n) is 17.2. The first kappa shape index (κ1) is 23.0. The van der Waals surface area contributed by atoms with E-state index in [1.165, 1.54) is 0 Å². The quantitative estimate of drug-likeness (QED) is 0.201. The molecule has 192 valence electrons. The number of aliphatic hydroxyl groups excluding tert-OH is 6. The Morgan fingerprint density at radius 1 is 0.971 bits per heavy atom. The van der Waals surface area contributed by atoms with Crippen LogP contribution in [0.15, 0.2) is 4.79 Å². The summed E-state index contributed by atoms with van der Waals surface area (Å²) in [5, 5.41) is 60.7. The summed E-state index contributed by atoms with van der Waals surface area (Å²) in [6, 6.07) is -0.634. The lowest BCUT2D eigenvalue weighted by Gasteiger charge is -2.33. The van der Waals surface area contributed by atoms with Crippen molar-refractivity contribution < 1.29 is 63.3 Å². The van der Waals surface area contributed by atoms with E-state index in [4.69, 9.17) is 28.1 Å². The average Bonchev–Trinajstić information content (AvgIpc) is 3.41. The Morgan fingerprint density at radius 2 is 1.66 bits per heavy atom. The number of rotatable bonds is 5. The van der Waals surface area contributed by atoms with Gasteiger partial charge in [0, 0.05) is 0 Å². The van der Waals surface area contributed by atoms with E-state index >= 15 is 0 Å². The fourth-order valence-corrected chi connectivity index (χ4v) is 5.04. The van der Waals surface area contributed by atoms with Gasteiger partial charge in [-0.25, -0.2) is 9.13 Å². The van der Waals surface area contributed by atoms with Crippen LogP contribution >= 0.6 is 7.82 Å². The second-order valence-corrected chi connectivity index (χ2v) is 9.35. The van der Waals surface area contributed by atoms with Gasteiger partial charge in [-0.15, -0.1) is 14.0 Å². The van der Waals surface area contributed by atoms with E-state index in [9.17, 15) is 40.0 Å². The molecule has 4 unspecified atom stereocenters. The van der Waals surface area contributed by atoms with Crippen LogP contribution in [-0.4, -0.2) is 106 Å². The van der Waals surface area contributed by atoms with Crippen LogP contribution in [0.5, 0.6) is 6.01 Å². The van der Waals surface area contributed by atoms with Gasteiger partial charge in [0.05, 0.1) is 13.2 Å². The third-order valence-corrected chi connectivity index (χ3v) is 6.91. The minimum absolute atomic E-state index is 0.371. The Hall–Kier alpha value is -2.42. The molecule has 5 aliphatic rings. The van der Waals surface area contributed by atoms with E-state index in [-0.39, 0.29) is 5.65 Å². The molecular weight excluding hydrogens is 505 g/mol. The van der Waals surface area contributed by atoms with Gasteiger partial charge in [0.2, 0.25) is 6.10 Å². The van der Waals surface area contributed by atoms with Crippen LogP contribution < -0.4 is 20.1 Å². The molecule has 5 aliphatic heterocycles. The standard InChI is InChI=1S/C15H18N5O14P/c21-1-3-6(23)8(25)12(29-3)18-11-5-10(26)17-14(20-33-35(28,34-20)32-15(18)16-5)19(11)31-9-7(24)4(2-22)30-13(9)27/h3-4,6-9,12-13,21-25,27H,1-2H2/t3?,4-,6?,7-,8?,9+,12?,13-/m1/s1. The summed E-state index contributed by atoms with van der Waals surface area (Å²) in [5.74, 6) is -0.606. The van der Waals surface area contributed by atoms with E-state index in [2.05, 4.69) is 9.97 Å². The van der Waals surface area contributed by atoms with Gasteiger partial charge in [0.1, 0.15) is 30.5 Å². The van der Waals surface area contributed by atoms with Crippen molar-refractivity contribution in [2.45, 2.75) is 49.1 Å². The van der Waals surface area contributed by atoms with Crippen LogP contribution in [-0.2, 0) is 23.3 Å². The molecule has 0 aliphatic carbocycles. The summed E-state index contributed by atoms with van der Waals surface area (Å²) < 4.78 is 40.0. The molecule has 20 heteroatoms. The second-order valence-electron chi connectivity index (χ2n) is 7.94. The number of aliphatic hydroxyl groups is 6. The summed E-state index contributed by atoms with van der Waals surface area (Å²) in [6.07, 6.45) is -12.3. The third-order valence-electron chi connectivity index (χ3n) is 5.83. The molecule has 3 fully saturated rings. The third kappa shape index (κ3) is 3.22. The van der Waals surface area contributed by atoms with Gasteiger partial charge in [0.25, 0.3) is 5.95 Å². The smallest absolute Gasteiger partial charge is 0.397 e. The fraction of sp³-hybridized carbons (Fsp3) is 0.667. The van der Waals surface area contributed by atoms with Gasteiger partial charge in [-0.3, -0.25) is 4.79 Å². The SMILES string of the molecule is O=c1nc2n(O[C@H]3[C@H](O)[C@@H](CO)O[C@H]3O)c3c1nc(n3C1OC(CO)C(O)C1O)OP1(=O)ON2O1. The molecule has 7 rings (SSSR count). The van der Waals surface area contributed by atoms with E-state index in [1.807, 2.05) is 0 Å². The predicted octanol–water partition coefficient (Wildman–Crippen LogP) is -4.74. The first-order chi connectivity index (χ1) is 16.7. The number of hydrogen-bond acceptors (Lipinski definition) is 17. The van der Waals surface area contributed by atoms with Gasteiger partial charge in [0.15, 0.2) is 23.7 Å². The molecule has 6 N–H and O–H groups in total. The van der Waals surface area contributed by atoms with E-state index < -0.39 is 93.2 Å². The van der Waals surface area contributed by atoms with Crippen molar-refractivity contribution in [3.05, 3.63) is 10.4 Å². The summed E-state index contributed by atoms with van der Waals surface area (Å²) in [7, 11) is -4.33. The van der Waals surface area contributed by atoms with Crippen LogP contribution in [0.4, 0.5) is 5.95 Å². The molecule has 7 heterocycles. The minimum atomic E-state index is -4.33. The Bertz CT molecular complexity index is 1270. The zero-order chi connectivity index (χ0) is 24.8. The first-order valence-electron chi connectivity index (χ1n) is 10.1. The van der Waals surface area contributed by atoms with Crippen molar-refractivity contribution in [1.82, 2.24) is 19.3 Å². The fourth-order valence-electron chi connectivity index (χ4n) is 4.12. The van der Waals surface area contributed by atoms with Gasteiger partial charge in [-0.2, -0.15) is 9.97 Å². The Kier molecular flexibility index (Phi) is 5.12. The lowest BCUT2D eigenvalue weighted by Crippen LogP contribution is -2.45. The molecule has 8 atom stereocenters. The maximum Gasteiger partial charge on any atom is 0.580 e. The number of phosphoric acid groups is 1. The van der Waals surface area contributed by atoms with Crippen molar-refractivity contribution >= 4 is 24.9 Å². The number of aromatic nitrogens is 4. The molecule has 0 aromatic carbocycles. The van der Waals surface area contributed by atoms with E-state index in [0.717, 1.165) is 4.57 Å². The maximum atomic E-state index is 12.7. The molecule has 2 aromatic heterocycles. The summed E-state index contributed by atoms with van der Waals surface area (Å²) in [5.41, 5.74) is -1.82. The number of nitrogens with zero attached hydrogens (tertiary/aromatic N) is 5. The molecule has 0 saturated carbocycles. The van der Waals surface area contributed by atoms with Crippen molar-refractivity contribution in [3.63, 3.8) is 0 Å². The van der Waals surface area contributed by atoms with Crippen molar-refractivity contribution in [2.75, 3.05) is 18.4 Å². The number of imidazole rings is 1. The molecule has 0 spiro atoms. The van der Waals surface area contributed by atoms with Gasteiger partial charge >= 0.3 is 19.4 Å². The molecule has 19 nitrogen and oxygen atoms in total. The van der Waals surface area contributed by atoms with Crippen LogP contribution in [0, 0.1) is 0 Å². The summed E-state index contributed by atoms with van der Waals surface area (Å²) in [6.45, 7) is -1.35. The highest BCUT2D eigenvalue weighted by molar-refractivity contribution is 7.50. The molecule has 0 amide bonds. The van der Waals surface area contributed by atoms with Crippen LogP contribution in [0.1, 0.15) is 6.23 Å². The average molecular weight is 523 g/mol. The number of hydrogen-bond donors (Lipinski definition) is 6. The minimum Gasteiger partial charge on any atom is -0.397 e. The summed E-state index contributed by atoms with van der Waals surface area (Å²) in [4.78, 5) is 26.1. The van der Waals surface area contributed by atoms with Crippen LogP contribution in [0.25, 0.3) is 11.2 Å². The molecule has 2 aromatic rings. The lowest BCUT2D eigenvalue weighted by atomic mass is 10.1. The number of ether oxygens (including phenoxy) is 2. The number of anilines is 1. The Morgan fingerprint density at radius 3 is 2.29 bits per heavy atom. The van der Waals surface area contributed by atoms with Crippen LogP contribution in [0.2, 0.25) is 0 Å². The van der Waals surface area contributed by atoms with E-state index in [1.54, 1.807) is 0 Å². The predicted molar refractivity (Wildman–Crippen MR) is 102 cm³/mol. The van der Waals surface area contributed by atoms with Gasteiger partial charge in [-0.1, -0.05) is 5.23 Å². The van der Waals surface area contributed by atoms with Gasteiger partial charge < -0.3 is 49.5 Å². The highest BCUT2D eigenvalue weighted by atomic mass is 31.2. The molecule has 35 heavy (non-hydrogen) atoms. The molecule has 3 saturated heterocycles. The van der Waals surface area contributed by atoms with Crippen molar-refractivity contribution in [3.8, 4) is 6.01 Å². The van der Waals surface area contributed by atoms with Crippen LogP contribution in [0.3, 0.4) is 0 Å². The Balaban J connectivity index is 1.57. The van der Waals surface area contributed by atoms with E-state index in [0.29, 0.717) is 9.96 Å². The largest absolute Gasteiger partial charge is 0.580 e.